The van der Waals surface area contributed by atoms with Gasteiger partial charge in [0.1, 0.15) is 11.5 Å². The predicted octanol–water partition coefficient (Wildman–Crippen LogP) is 2.45. The summed E-state index contributed by atoms with van der Waals surface area (Å²) in [5.74, 6) is -1.82. The average Bonchev–Trinajstić information content (AvgIpc) is 2.48. The van der Waals surface area contributed by atoms with Crippen molar-refractivity contribution in [1.29, 1.82) is 0 Å². The number of carbonyl (C=O) groups is 1. The Hall–Kier alpha value is -3.03. The van der Waals surface area contributed by atoms with E-state index in [-0.39, 0.29) is 11.4 Å². The van der Waals surface area contributed by atoms with E-state index in [9.17, 15) is 19.3 Å². The van der Waals surface area contributed by atoms with Crippen LogP contribution in [0.3, 0.4) is 0 Å². The van der Waals surface area contributed by atoms with Crippen LogP contribution >= 0.6 is 0 Å². The molecule has 1 heterocycles. The van der Waals surface area contributed by atoms with Crippen LogP contribution in [0.1, 0.15) is 5.69 Å². The Kier molecular flexibility index (Phi) is 4.62. The maximum atomic E-state index is 13.4. The average molecular weight is 305 g/mol. The second-order valence-corrected chi connectivity index (χ2v) is 4.35. The molecule has 22 heavy (non-hydrogen) atoms. The second-order valence-electron chi connectivity index (χ2n) is 4.35. The van der Waals surface area contributed by atoms with E-state index in [1.165, 1.54) is 30.3 Å². The molecule has 0 unspecified atom stereocenters. The molecule has 0 fully saturated rings. The smallest absolute Gasteiger partial charge is 0.406 e. The van der Waals surface area contributed by atoms with Crippen molar-refractivity contribution in [1.82, 2.24) is 4.98 Å². The summed E-state index contributed by atoms with van der Waals surface area (Å²) in [5, 5.41) is 13.2. The highest BCUT2D eigenvalue weighted by molar-refractivity contribution is 5.92. The molecule has 2 rings (SSSR count). The minimum Gasteiger partial charge on any atom is -0.476 e. The number of rotatable bonds is 5. The fraction of sp³-hybridized carbons (Fsp3) is 0.143. The van der Waals surface area contributed by atoms with Crippen molar-refractivity contribution in [2.75, 3.05) is 11.9 Å². The molecule has 1 N–H and O–H groups in total. The van der Waals surface area contributed by atoms with Crippen LogP contribution in [0.4, 0.5) is 15.9 Å². The number of para-hydroxylation sites is 1. The molecule has 0 bridgehead atoms. The molecule has 0 spiro atoms. The van der Waals surface area contributed by atoms with Crippen LogP contribution in [0.2, 0.25) is 0 Å². The van der Waals surface area contributed by atoms with E-state index < -0.39 is 29.1 Å². The maximum absolute atomic E-state index is 13.4. The molecule has 0 saturated carbocycles. The van der Waals surface area contributed by atoms with Crippen molar-refractivity contribution >= 4 is 17.4 Å². The van der Waals surface area contributed by atoms with E-state index >= 15 is 0 Å². The Morgan fingerprint density at radius 2 is 2.09 bits per heavy atom. The first-order valence-corrected chi connectivity index (χ1v) is 6.26. The number of nitro groups is 1. The number of nitrogens with one attached hydrogen (secondary N) is 1. The van der Waals surface area contributed by atoms with Crippen molar-refractivity contribution in [3.05, 3.63) is 58.0 Å². The number of hydrogen-bond acceptors (Lipinski definition) is 5. The highest BCUT2D eigenvalue weighted by Crippen LogP contribution is 2.24. The van der Waals surface area contributed by atoms with Gasteiger partial charge in [0.15, 0.2) is 6.61 Å². The lowest BCUT2D eigenvalue weighted by molar-refractivity contribution is -0.390. The lowest BCUT2D eigenvalue weighted by Crippen LogP contribution is -2.21. The Morgan fingerprint density at radius 3 is 2.77 bits per heavy atom. The van der Waals surface area contributed by atoms with Gasteiger partial charge in [-0.1, -0.05) is 12.1 Å². The Balaban J connectivity index is 2.03. The van der Waals surface area contributed by atoms with Gasteiger partial charge in [-0.2, -0.15) is 0 Å². The lowest BCUT2D eigenvalue weighted by atomic mass is 10.3. The molecular formula is C14H12FN3O4. The summed E-state index contributed by atoms with van der Waals surface area (Å²) in [4.78, 5) is 25.6. The Bertz CT molecular complexity index is 721. The number of nitrogens with zero attached hydrogens (tertiary/aromatic N) is 2. The molecule has 0 aliphatic carbocycles. The zero-order chi connectivity index (χ0) is 16.1. The first kappa shape index (κ1) is 15.4. The van der Waals surface area contributed by atoms with Crippen LogP contribution in [0, 0.1) is 22.9 Å². The molecule has 1 aromatic carbocycles. The molecule has 8 heteroatoms. The van der Waals surface area contributed by atoms with Crippen molar-refractivity contribution < 1.29 is 18.8 Å². The van der Waals surface area contributed by atoms with Gasteiger partial charge in [0.2, 0.25) is 5.75 Å². The molecule has 2 aromatic rings. The molecule has 0 saturated heterocycles. The monoisotopic (exact) mass is 305 g/mol. The van der Waals surface area contributed by atoms with Crippen LogP contribution < -0.4 is 10.1 Å². The fourth-order valence-corrected chi connectivity index (χ4v) is 1.67. The first-order valence-electron chi connectivity index (χ1n) is 6.26. The predicted molar refractivity (Wildman–Crippen MR) is 76.2 cm³/mol. The standard InChI is InChI=1S/C14H12FN3O4/c1-9-6-7-12(14(16-9)18(20)21)22-8-13(19)17-11-5-3-2-4-10(11)15/h2-7H,8H2,1H3,(H,17,19). The van der Waals surface area contributed by atoms with Gasteiger partial charge < -0.3 is 20.2 Å². The van der Waals surface area contributed by atoms with Crippen molar-refractivity contribution in [3.63, 3.8) is 0 Å². The fourth-order valence-electron chi connectivity index (χ4n) is 1.67. The van der Waals surface area contributed by atoms with Gasteiger partial charge in [-0.3, -0.25) is 4.79 Å². The summed E-state index contributed by atoms with van der Waals surface area (Å²) in [6, 6.07) is 8.53. The summed E-state index contributed by atoms with van der Waals surface area (Å²) in [7, 11) is 0. The maximum Gasteiger partial charge on any atom is 0.406 e. The third-order valence-corrected chi connectivity index (χ3v) is 2.66. The third kappa shape index (κ3) is 3.75. The van der Waals surface area contributed by atoms with Crippen molar-refractivity contribution in [3.8, 4) is 5.75 Å². The number of anilines is 1. The number of amides is 1. The van der Waals surface area contributed by atoms with Gasteiger partial charge in [0.25, 0.3) is 5.91 Å². The summed E-state index contributed by atoms with van der Waals surface area (Å²) in [6.07, 6.45) is 0. The van der Waals surface area contributed by atoms with Gasteiger partial charge in [-0.05, 0) is 34.2 Å². The number of pyridine rings is 1. The van der Waals surface area contributed by atoms with E-state index in [4.69, 9.17) is 4.74 Å². The lowest BCUT2D eigenvalue weighted by Gasteiger charge is -2.08. The van der Waals surface area contributed by atoms with Gasteiger partial charge >= 0.3 is 5.82 Å². The minimum atomic E-state index is -0.697. The largest absolute Gasteiger partial charge is 0.476 e. The van der Waals surface area contributed by atoms with E-state index in [0.29, 0.717) is 5.69 Å². The Morgan fingerprint density at radius 1 is 1.36 bits per heavy atom. The number of hydrogen-bond donors (Lipinski definition) is 1. The highest BCUT2D eigenvalue weighted by Gasteiger charge is 2.18. The van der Waals surface area contributed by atoms with Crippen molar-refractivity contribution in [2.24, 2.45) is 0 Å². The van der Waals surface area contributed by atoms with Crippen molar-refractivity contribution in [2.45, 2.75) is 6.92 Å². The van der Waals surface area contributed by atoms with Crippen LogP contribution in [-0.4, -0.2) is 22.4 Å². The van der Waals surface area contributed by atoms with E-state index in [0.717, 1.165) is 0 Å². The highest BCUT2D eigenvalue weighted by atomic mass is 19.1. The van der Waals surface area contributed by atoms with Crippen LogP contribution in [0.25, 0.3) is 0 Å². The van der Waals surface area contributed by atoms with Crippen LogP contribution in [0.5, 0.6) is 5.75 Å². The molecule has 1 amide bonds. The molecular weight excluding hydrogens is 293 g/mol. The molecule has 0 radical (unpaired) electrons. The molecule has 0 aliphatic heterocycles. The van der Waals surface area contributed by atoms with Crippen LogP contribution in [-0.2, 0) is 4.79 Å². The first-order chi connectivity index (χ1) is 10.5. The number of aromatic nitrogens is 1. The topological polar surface area (TPSA) is 94.4 Å². The summed E-state index contributed by atoms with van der Waals surface area (Å²) >= 11 is 0. The normalized spacial score (nSPS) is 10.1. The quantitative estimate of drug-likeness (QED) is 0.676. The Labute approximate surface area is 124 Å². The molecule has 114 valence electrons. The SMILES string of the molecule is Cc1ccc(OCC(=O)Nc2ccccc2F)c([N+](=O)[O-])n1. The molecule has 0 atom stereocenters. The zero-order valence-corrected chi connectivity index (χ0v) is 11.6. The number of aryl methyl sites for hydroxylation is 1. The van der Waals surface area contributed by atoms with Gasteiger partial charge in [-0.15, -0.1) is 0 Å². The second kappa shape index (κ2) is 6.61. The minimum absolute atomic E-state index is 0.00707. The summed E-state index contributed by atoms with van der Waals surface area (Å²) in [5.41, 5.74) is 0.461. The number of ether oxygens (including phenoxy) is 1. The van der Waals surface area contributed by atoms with E-state index in [1.54, 1.807) is 13.0 Å². The van der Waals surface area contributed by atoms with E-state index in [1.807, 2.05) is 0 Å². The third-order valence-electron chi connectivity index (χ3n) is 2.66. The van der Waals surface area contributed by atoms with E-state index in [2.05, 4.69) is 10.3 Å². The molecule has 7 nitrogen and oxygen atoms in total. The number of benzene rings is 1. The van der Waals surface area contributed by atoms with Gasteiger partial charge in [0, 0.05) is 6.92 Å². The number of carbonyl (C=O) groups excluding carboxylic acids is 1. The molecule has 1 aromatic heterocycles. The van der Waals surface area contributed by atoms with Crippen LogP contribution in [0.15, 0.2) is 36.4 Å². The number of halogens is 1. The zero-order valence-electron chi connectivity index (χ0n) is 11.6. The van der Waals surface area contributed by atoms with Gasteiger partial charge in [0.05, 0.1) is 5.69 Å². The summed E-state index contributed by atoms with van der Waals surface area (Å²) < 4.78 is 18.5. The summed E-state index contributed by atoms with van der Waals surface area (Å²) in [6.45, 7) is 1.10. The van der Waals surface area contributed by atoms with Gasteiger partial charge in [-0.25, -0.2) is 4.39 Å². The molecule has 0 aliphatic rings.